The standard InChI is InChI=1S/C17H14FNO/c1-2-6-17(20)19-12-15-10-9-14(11-16(15)18)13-7-4-3-5-8-13/h3-5,7-11H,12H2,1H3,(H,19,20). The van der Waals surface area contributed by atoms with Crippen molar-refractivity contribution >= 4 is 5.91 Å². The first kappa shape index (κ1) is 13.8. The molecule has 0 fully saturated rings. The van der Waals surface area contributed by atoms with Crippen molar-refractivity contribution in [3.63, 3.8) is 0 Å². The van der Waals surface area contributed by atoms with Gasteiger partial charge < -0.3 is 5.32 Å². The zero-order chi connectivity index (χ0) is 14.4. The van der Waals surface area contributed by atoms with Crippen LogP contribution in [0, 0.1) is 17.7 Å². The molecule has 0 atom stereocenters. The lowest BCUT2D eigenvalue weighted by atomic mass is 10.0. The van der Waals surface area contributed by atoms with Crippen LogP contribution >= 0.6 is 0 Å². The Kier molecular flexibility index (Phi) is 4.52. The summed E-state index contributed by atoms with van der Waals surface area (Å²) in [6.07, 6.45) is 0. The summed E-state index contributed by atoms with van der Waals surface area (Å²) in [5, 5.41) is 2.55. The number of amides is 1. The smallest absolute Gasteiger partial charge is 0.296 e. The van der Waals surface area contributed by atoms with Crippen molar-refractivity contribution in [1.29, 1.82) is 0 Å². The minimum absolute atomic E-state index is 0.133. The Hall–Kier alpha value is -2.60. The van der Waals surface area contributed by atoms with Gasteiger partial charge in [0.1, 0.15) is 5.82 Å². The average Bonchev–Trinajstić information content (AvgIpc) is 2.47. The van der Waals surface area contributed by atoms with Crippen molar-refractivity contribution < 1.29 is 9.18 Å². The molecule has 0 saturated heterocycles. The van der Waals surface area contributed by atoms with Gasteiger partial charge in [-0.1, -0.05) is 48.4 Å². The van der Waals surface area contributed by atoms with E-state index in [9.17, 15) is 9.18 Å². The Labute approximate surface area is 117 Å². The molecule has 0 bridgehead atoms. The number of hydrogen-bond donors (Lipinski definition) is 1. The molecule has 1 N–H and O–H groups in total. The maximum Gasteiger partial charge on any atom is 0.296 e. The monoisotopic (exact) mass is 267 g/mol. The lowest BCUT2D eigenvalue weighted by Crippen LogP contribution is -2.21. The van der Waals surface area contributed by atoms with Crippen LogP contribution in [0.2, 0.25) is 0 Å². The number of benzene rings is 2. The van der Waals surface area contributed by atoms with Crippen molar-refractivity contribution in [2.75, 3.05) is 0 Å². The highest BCUT2D eigenvalue weighted by Crippen LogP contribution is 2.21. The van der Waals surface area contributed by atoms with Crippen LogP contribution in [0.4, 0.5) is 4.39 Å². The summed E-state index contributed by atoms with van der Waals surface area (Å²) >= 11 is 0. The Morgan fingerprint density at radius 1 is 1.15 bits per heavy atom. The second-order valence-corrected chi connectivity index (χ2v) is 4.23. The Morgan fingerprint density at radius 2 is 1.90 bits per heavy atom. The SMILES string of the molecule is CC#CC(=O)NCc1ccc(-c2ccccc2)cc1F. The van der Waals surface area contributed by atoms with Crippen molar-refractivity contribution in [2.24, 2.45) is 0 Å². The van der Waals surface area contributed by atoms with E-state index in [1.165, 1.54) is 6.07 Å². The second-order valence-electron chi connectivity index (χ2n) is 4.23. The molecular weight excluding hydrogens is 253 g/mol. The average molecular weight is 267 g/mol. The molecule has 0 aliphatic carbocycles. The summed E-state index contributed by atoms with van der Waals surface area (Å²) in [6.45, 7) is 1.71. The normalized spacial score (nSPS) is 9.50. The molecular formula is C17H14FNO. The molecule has 0 unspecified atom stereocenters. The summed E-state index contributed by atoms with van der Waals surface area (Å²) in [5.41, 5.74) is 2.21. The molecule has 0 spiro atoms. The third-order valence-electron chi connectivity index (χ3n) is 2.84. The summed E-state index contributed by atoms with van der Waals surface area (Å²) < 4.78 is 14.0. The minimum Gasteiger partial charge on any atom is -0.341 e. The molecule has 20 heavy (non-hydrogen) atoms. The summed E-state index contributed by atoms with van der Waals surface area (Å²) in [4.78, 5) is 11.2. The van der Waals surface area contributed by atoms with Gasteiger partial charge in [-0.2, -0.15) is 0 Å². The highest BCUT2D eigenvalue weighted by Gasteiger charge is 2.06. The predicted molar refractivity (Wildman–Crippen MR) is 77.1 cm³/mol. The first-order chi connectivity index (χ1) is 9.70. The molecule has 100 valence electrons. The lowest BCUT2D eigenvalue weighted by Gasteiger charge is -2.06. The molecule has 0 radical (unpaired) electrons. The van der Waals surface area contributed by atoms with Gasteiger partial charge in [-0.05, 0) is 30.0 Å². The number of hydrogen-bond acceptors (Lipinski definition) is 1. The van der Waals surface area contributed by atoms with Crippen molar-refractivity contribution in [3.8, 4) is 23.0 Å². The van der Waals surface area contributed by atoms with Crippen LogP contribution in [0.15, 0.2) is 48.5 Å². The van der Waals surface area contributed by atoms with Gasteiger partial charge in [0.15, 0.2) is 0 Å². The Bertz CT molecular complexity index is 668. The molecule has 0 aromatic heterocycles. The molecule has 1 amide bonds. The van der Waals surface area contributed by atoms with E-state index in [1.54, 1.807) is 13.0 Å². The van der Waals surface area contributed by atoms with Crippen LogP contribution in [0.1, 0.15) is 12.5 Å². The topological polar surface area (TPSA) is 29.1 Å². The minimum atomic E-state index is -0.404. The summed E-state index contributed by atoms with van der Waals surface area (Å²) in [6, 6.07) is 14.6. The van der Waals surface area contributed by atoms with E-state index in [1.807, 2.05) is 36.4 Å². The zero-order valence-electron chi connectivity index (χ0n) is 11.1. The third-order valence-corrected chi connectivity index (χ3v) is 2.84. The highest BCUT2D eigenvalue weighted by molar-refractivity contribution is 5.93. The molecule has 3 heteroatoms. The Balaban J connectivity index is 2.14. The van der Waals surface area contributed by atoms with E-state index in [0.29, 0.717) is 5.56 Å². The van der Waals surface area contributed by atoms with E-state index < -0.39 is 5.91 Å². The van der Waals surface area contributed by atoms with E-state index >= 15 is 0 Å². The fraction of sp³-hybridized carbons (Fsp3) is 0.118. The lowest BCUT2D eigenvalue weighted by molar-refractivity contribution is -0.115. The first-order valence-electron chi connectivity index (χ1n) is 6.25. The molecule has 0 aliphatic heterocycles. The van der Waals surface area contributed by atoms with E-state index in [2.05, 4.69) is 17.2 Å². The van der Waals surface area contributed by atoms with Gasteiger partial charge >= 0.3 is 0 Å². The number of nitrogens with one attached hydrogen (secondary N) is 1. The Morgan fingerprint density at radius 3 is 2.55 bits per heavy atom. The number of halogens is 1. The number of carbonyl (C=O) groups excluding carboxylic acids is 1. The number of rotatable bonds is 3. The molecule has 2 rings (SSSR count). The van der Waals surface area contributed by atoms with Crippen molar-refractivity contribution in [1.82, 2.24) is 5.32 Å². The number of carbonyl (C=O) groups is 1. The summed E-state index contributed by atoms with van der Waals surface area (Å²) in [7, 11) is 0. The van der Waals surface area contributed by atoms with Crippen LogP contribution in [0.3, 0.4) is 0 Å². The fourth-order valence-corrected chi connectivity index (χ4v) is 1.83. The fourth-order valence-electron chi connectivity index (χ4n) is 1.83. The van der Waals surface area contributed by atoms with E-state index in [4.69, 9.17) is 0 Å². The van der Waals surface area contributed by atoms with Crippen LogP contribution in [-0.4, -0.2) is 5.91 Å². The van der Waals surface area contributed by atoms with Gasteiger partial charge in [-0.15, -0.1) is 0 Å². The van der Waals surface area contributed by atoms with Crippen LogP contribution in [0.5, 0.6) is 0 Å². The summed E-state index contributed by atoms with van der Waals surface area (Å²) in [5.74, 6) is 4.10. The first-order valence-corrected chi connectivity index (χ1v) is 6.25. The molecule has 0 heterocycles. The molecule has 2 aromatic carbocycles. The molecule has 2 nitrogen and oxygen atoms in total. The van der Waals surface area contributed by atoms with Gasteiger partial charge in [-0.25, -0.2) is 4.39 Å². The van der Waals surface area contributed by atoms with Crippen molar-refractivity contribution in [3.05, 3.63) is 59.9 Å². The predicted octanol–water partition coefficient (Wildman–Crippen LogP) is 3.13. The largest absolute Gasteiger partial charge is 0.341 e. The maximum atomic E-state index is 14.0. The van der Waals surface area contributed by atoms with Crippen molar-refractivity contribution in [2.45, 2.75) is 13.5 Å². The molecule has 2 aromatic rings. The maximum absolute atomic E-state index is 14.0. The van der Waals surface area contributed by atoms with Gasteiger partial charge in [0.25, 0.3) is 5.91 Å². The zero-order valence-corrected chi connectivity index (χ0v) is 11.1. The quantitative estimate of drug-likeness (QED) is 0.850. The van der Waals surface area contributed by atoms with Gasteiger partial charge in [0.2, 0.25) is 0 Å². The van der Waals surface area contributed by atoms with Crippen LogP contribution in [-0.2, 0) is 11.3 Å². The third kappa shape index (κ3) is 3.46. The highest BCUT2D eigenvalue weighted by atomic mass is 19.1. The molecule has 0 aliphatic rings. The van der Waals surface area contributed by atoms with Gasteiger partial charge in [-0.3, -0.25) is 4.79 Å². The van der Waals surface area contributed by atoms with E-state index in [-0.39, 0.29) is 12.4 Å². The van der Waals surface area contributed by atoms with Gasteiger partial charge in [0, 0.05) is 12.1 Å². The van der Waals surface area contributed by atoms with Gasteiger partial charge in [0.05, 0.1) is 0 Å². The van der Waals surface area contributed by atoms with Crippen LogP contribution in [0.25, 0.3) is 11.1 Å². The van der Waals surface area contributed by atoms with E-state index in [0.717, 1.165) is 11.1 Å². The molecule has 0 saturated carbocycles. The second kappa shape index (κ2) is 6.53. The van der Waals surface area contributed by atoms with Crippen LogP contribution < -0.4 is 5.32 Å².